The van der Waals surface area contributed by atoms with Crippen molar-refractivity contribution < 1.29 is 13.9 Å². The summed E-state index contributed by atoms with van der Waals surface area (Å²) in [7, 11) is 0. The number of hydrogen-bond acceptors (Lipinski definition) is 3. The van der Waals surface area contributed by atoms with Gasteiger partial charge in [-0.1, -0.05) is 6.07 Å². The third kappa shape index (κ3) is 2.67. The van der Waals surface area contributed by atoms with E-state index in [4.69, 9.17) is 4.74 Å². The molecule has 1 aliphatic heterocycles. The maximum Gasteiger partial charge on any atom is 0.294 e. The number of rotatable bonds is 2. The van der Waals surface area contributed by atoms with Gasteiger partial charge in [0.2, 0.25) is 0 Å². The van der Waals surface area contributed by atoms with Gasteiger partial charge in [-0.25, -0.2) is 4.39 Å². The fourth-order valence-corrected chi connectivity index (χ4v) is 1.62. The highest BCUT2D eigenvalue weighted by Crippen LogP contribution is 2.17. The first-order chi connectivity index (χ1) is 6.79. The molecule has 3 nitrogen and oxygen atoms in total. The van der Waals surface area contributed by atoms with E-state index in [1.54, 1.807) is 6.07 Å². The lowest BCUT2D eigenvalue weighted by atomic mass is 10.00. The van der Waals surface area contributed by atoms with E-state index in [9.17, 15) is 9.18 Å². The van der Waals surface area contributed by atoms with Crippen LogP contribution in [0, 0.1) is 5.82 Å². The Morgan fingerprint density at radius 3 is 3.00 bits per heavy atom. The lowest BCUT2D eigenvalue weighted by Crippen LogP contribution is -2.37. The highest BCUT2D eigenvalue weighted by Gasteiger charge is 2.18. The molecule has 0 unspecified atom stereocenters. The van der Waals surface area contributed by atoms with Crippen LogP contribution in [0.5, 0.6) is 0 Å². The zero-order chi connectivity index (χ0) is 9.97. The number of carbonyl (C=O) groups excluding carboxylic acids is 1. The molecule has 0 radical (unpaired) electrons. The van der Waals surface area contributed by atoms with Crippen LogP contribution in [0.4, 0.5) is 4.39 Å². The van der Waals surface area contributed by atoms with Gasteiger partial charge in [-0.2, -0.15) is 0 Å². The Labute approximate surface area is 93.0 Å². The molecule has 0 aliphatic carbocycles. The van der Waals surface area contributed by atoms with E-state index in [1.165, 1.54) is 12.1 Å². The summed E-state index contributed by atoms with van der Waals surface area (Å²) in [5.74, 6) is -0.236. The van der Waals surface area contributed by atoms with Gasteiger partial charge in [0.05, 0.1) is 0 Å². The van der Waals surface area contributed by atoms with E-state index >= 15 is 0 Å². The monoisotopic (exact) mass is 231 g/mol. The molecule has 1 aliphatic rings. The molecule has 0 bridgehead atoms. The van der Waals surface area contributed by atoms with Crippen molar-refractivity contribution in [1.82, 2.24) is 5.32 Å². The Kier molecular flexibility index (Phi) is 4.05. The van der Waals surface area contributed by atoms with Crippen molar-refractivity contribution in [3.05, 3.63) is 35.1 Å². The molecule has 5 heteroatoms. The third-order valence-electron chi connectivity index (χ3n) is 2.31. The molecule has 1 aromatic carbocycles. The number of halogens is 2. The molecule has 0 amide bonds. The SMILES string of the molecule is Cl.O=CO[C@H]1Cc2ccc(F)cc2CN1. The van der Waals surface area contributed by atoms with E-state index in [0.717, 1.165) is 11.1 Å². The van der Waals surface area contributed by atoms with E-state index in [0.29, 0.717) is 19.4 Å². The Morgan fingerprint density at radius 1 is 1.47 bits per heavy atom. The minimum absolute atomic E-state index is 0. The van der Waals surface area contributed by atoms with Gasteiger partial charge in [-0.05, 0) is 23.3 Å². The van der Waals surface area contributed by atoms with Gasteiger partial charge in [0.1, 0.15) is 5.82 Å². The normalized spacial score (nSPS) is 18.6. The smallest absolute Gasteiger partial charge is 0.294 e. The molecule has 0 aromatic heterocycles. The lowest BCUT2D eigenvalue weighted by Gasteiger charge is -2.24. The summed E-state index contributed by atoms with van der Waals surface area (Å²) in [4.78, 5) is 10.1. The van der Waals surface area contributed by atoms with Crippen LogP contribution in [-0.4, -0.2) is 12.7 Å². The molecule has 1 heterocycles. The highest BCUT2D eigenvalue weighted by atomic mass is 35.5. The second-order valence-corrected chi connectivity index (χ2v) is 3.22. The van der Waals surface area contributed by atoms with Crippen LogP contribution < -0.4 is 5.32 Å². The molecule has 2 rings (SSSR count). The summed E-state index contributed by atoms with van der Waals surface area (Å²) in [5.41, 5.74) is 1.95. The van der Waals surface area contributed by atoms with E-state index < -0.39 is 0 Å². The Morgan fingerprint density at radius 2 is 2.27 bits per heavy atom. The molecule has 1 atom stereocenters. The van der Waals surface area contributed by atoms with Crippen molar-refractivity contribution >= 4 is 18.9 Å². The quantitative estimate of drug-likeness (QED) is 0.782. The van der Waals surface area contributed by atoms with Gasteiger partial charge >= 0.3 is 0 Å². The van der Waals surface area contributed by atoms with E-state index in [2.05, 4.69) is 5.32 Å². The van der Waals surface area contributed by atoms with Crippen LogP contribution in [0.25, 0.3) is 0 Å². The maximum atomic E-state index is 12.8. The van der Waals surface area contributed by atoms with Gasteiger partial charge in [-0.3, -0.25) is 10.1 Å². The first-order valence-electron chi connectivity index (χ1n) is 4.39. The maximum absolute atomic E-state index is 12.8. The summed E-state index contributed by atoms with van der Waals surface area (Å²) >= 11 is 0. The number of ether oxygens (including phenoxy) is 1. The molecule has 82 valence electrons. The van der Waals surface area contributed by atoms with Crippen molar-refractivity contribution in [2.75, 3.05) is 0 Å². The standard InChI is InChI=1S/C10H10FNO2.ClH/c11-9-2-1-7-4-10(14-6-13)12-5-8(7)3-9;/h1-3,6,10,12H,4-5H2;1H/t10-;/m0./s1. The molecule has 1 aromatic rings. The van der Waals surface area contributed by atoms with Gasteiger partial charge in [0.15, 0.2) is 6.23 Å². The fraction of sp³-hybridized carbons (Fsp3) is 0.300. The molecule has 0 spiro atoms. The number of carbonyl (C=O) groups is 1. The topological polar surface area (TPSA) is 38.3 Å². The van der Waals surface area contributed by atoms with Crippen molar-refractivity contribution in [2.24, 2.45) is 0 Å². The van der Waals surface area contributed by atoms with Gasteiger partial charge in [0, 0.05) is 13.0 Å². The number of benzene rings is 1. The van der Waals surface area contributed by atoms with Gasteiger partial charge < -0.3 is 4.74 Å². The molecular formula is C10H11ClFNO2. The molecule has 0 saturated heterocycles. The van der Waals surface area contributed by atoms with Gasteiger partial charge in [-0.15, -0.1) is 12.4 Å². The lowest BCUT2D eigenvalue weighted by molar-refractivity contribution is -0.135. The Bertz CT molecular complexity index is 359. The largest absolute Gasteiger partial charge is 0.448 e. The third-order valence-corrected chi connectivity index (χ3v) is 2.31. The van der Waals surface area contributed by atoms with Crippen LogP contribution in [-0.2, 0) is 22.5 Å². The van der Waals surface area contributed by atoms with Gasteiger partial charge in [0.25, 0.3) is 6.47 Å². The zero-order valence-corrected chi connectivity index (χ0v) is 8.72. The molecule has 0 saturated carbocycles. The predicted molar refractivity (Wildman–Crippen MR) is 55.1 cm³/mol. The first-order valence-corrected chi connectivity index (χ1v) is 4.39. The second kappa shape index (κ2) is 5.09. The van der Waals surface area contributed by atoms with Crippen LogP contribution in [0.1, 0.15) is 11.1 Å². The Hall–Kier alpha value is -1.13. The Balaban J connectivity index is 0.00000112. The predicted octanol–water partition coefficient (Wildman–Crippen LogP) is 1.39. The number of hydrogen-bond donors (Lipinski definition) is 1. The average Bonchev–Trinajstić information content (AvgIpc) is 2.19. The van der Waals surface area contributed by atoms with Crippen LogP contribution in [0.3, 0.4) is 0 Å². The fourth-order valence-electron chi connectivity index (χ4n) is 1.62. The van der Waals surface area contributed by atoms with Crippen molar-refractivity contribution in [3.8, 4) is 0 Å². The summed E-state index contributed by atoms with van der Waals surface area (Å²) in [6, 6.07) is 4.65. The number of nitrogens with one attached hydrogen (secondary N) is 1. The molecule has 1 N–H and O–H groups in total. The van der Waals surface area contributed by atoms with Crippen LogP contribution in [0.2, 0.25) is 0 Å². The summed E-state index contributed by atoms with van der Waals surface area (Å²) in [5, 5.41) is 2.98. The summed E-state index contributed by atoms with van der Waals surface area (Å²) in [6.45, 7) is 0.956. The van der Waals surface area contributed by atoms with Crippen molar-refractivity contribution in [1.29, 1.82) is 0 Å². The highest BCUT2D eigenvalue weighted by molar-refractivity contribution is 5.85. The molecule has 0 fully saturated rings. The zero-order valence-electron chi connectivity index (χ0n) is 7.90. The summed E-state index contributed by atoms with van der Waals surface area (Å²) in [6.07, 6.45) is 0.305. The van der Waals surface area contributed by atoms with E-state index in [1.807, 2.05) is 0 Å². The van der Waals surface area contributed by atoms with Crippen LogP contribution >= 0.6 is 12.4 Å². The first kappa shape index (κ1) is 11.9. The number of fused-ring (bicyclic) bond motifs is 1. The minimum atomic E-state index is -0.287. The average molecular weight is 232 g/mol. The van der Waals surface area contributed by atoms with Crippen LogP contribution in [0.15, 0.2) is 18.2 Å². The molecule has 15 heavy (non-hydrogen) atoms. The van der Waals surface area contributed by atoms with E-state index in [-0.39, 0.29) is 24.5 Å². The second-order valence-electron chi connectivity index (χ2n) is 3.22. The minimum Gasteiger partial charge on any atom is -0.448 e. The van der Waals surface area contributed by atoms with Crippen molar-refractivity contribution in [2.45, 2.75) is 19.2 Å². The molecular weight excluding hydrogens is 221 g/mol. The van der Waals surface area contributed by atoms with Crippen molar-refractivity contribution in [3.63, 3.8) is 0 Å². The summed E-state index contributed by atoms with van der Waals surface area (Å²) < 4.78 is 17.6.